The molecule has 1 aromatic carbocycles. The summed E-state index contributed by atoms with van der Waals surface area (Å²) in [5, 5.41) is 3.30. The summed E-state index contributed by atoms with van der Waals surface area (Å²) in [6, 6.07) is 5.86. The Morgan fingerprint density at radius 2 is 2.28 bits per heavy atom. The van der Waals surface area contributed by atoms with Crippen LogP contribution in [0.25, 0.3) is 0 Å². The van der Waals surface area contributed by atoms with E-state index in [0.29, 0.717) is 0 Å². The molecule has 4 nitrogen and oxygen atoms in total. The van der Waals surface area contributed by atoms with Gasteiger partial charge in [0.25, 0.3) is 0 Å². The van der Waals surface area contributed by atoms with Crippen LogP contribution in [0.15, 0.2) is 35.1 Å². The Hall–Kier alpha value is -1.49. The molecule has 18 heavy (non-hydrogen) atoms. The van der Waals surface area contributed by atoms with E-state index >= 15 is 0 Å². The van der Waals surface area contributed by atoms with E-state index in [0.717, 1.165) is 34.8 Å². The van der Waals surface area contributed by atoms with Gasteiger partial charge in [-0.3, -0.25) is 0 Å². The third-order valence-electron chi connectivity index (χ3n) is 2.59. The minimum absolute atomic E-state index is 0.817. The molecule has 0 saturated carbocycles. The molecule has 0 spiro atoms. The van der Waals surface area contributed by atoms with Crippen LogP contribution >= 0.6 is 15.9 Å². The lowest BCUT2D eigenvalue weighted by Gasteiger charge is -2.10. The molecule has 0 saturated heterocycles. The fraction of sp³-hybridized carbons (Fsp3) is 0.308. The standard InChI is InChI=1S/C13H16BrN3O/c1-3-7-17-8-6-15-13(17)16-10-4-5-12(18-2)11(14)9-10/h4-6,8-9H,3,7H2,1-2H3,(H,15,16). The molecule has 0 fully saturated rings. The van der Waals surface area contributed by atoms with Gasteiger partial charge >= 0.3 is 0 Å². The number of methoxy groups -OCH3 is 1. The zero-order valence-electron chi connectivity index (χ0n) is 10.5. The fourth-order valence-corrected chi connectivity index (χ4v) is 2.27. The van der Waals surface area contributed by atoms with Crippen LogP contribution in [0.4, 0.5) is 11.6 Å². The first-order valence-corrected chi connectivity index (χ1v) is 6.65. The molecule has 5 heteroatoms. The molecule has 0 unspecified atom stereocenters. The Morgan fingerprint density at radius 1 is 1.44 bits per heavy atom. The summed E-state index contributed by atoms with van der Waals surface area (Å²) < 4.78 is 8.22. The number of hydrogen-bond acceptors (Lipinski definition) is 3. The minimum atomic E-state index is 0.817. The third kappa shape index (κ3) is 2.85. The number of imidazole rings is 1. The number of benzene rings is 1. The molecule has 0 aliphatic heterocycles. The van der Waals surface area contributed by atoms with Crippen LogP contribution < -0.4 is 10.1 Å². The summed E-state index contributed by atoms with van der Waals surface area (Å²) in [6.45, 7) is 3.10. The van der Waals surface area contributed by atoms with Gasteiger partial charge < -0.3 is 14.6 Å². The van der Waals surface area contributed by atoms with E-state index in [-0.39, 0.29) is 0 Å². The number of halogens is 1. The van der Waals surface area contributed by atoms with E-state index < -0.39 is 0 Å². The maximum absolute atomic E-state index is 5.20. The van der Waals surface area contributed by atoms with E-state index in [1.54, 1.807) is 13.3 Å². The number of hydrogen-bond donors (Lipinski definition) is 1. The van der Waals surface area contributed by atoms with Gasteiger partial charge in [0.1, 0.15) is 5.75 Å². The maximum Gasteiger partial charge on any atom is 0.207 e. The normalized spacial score (nSPS) is 10.4. The van der Waals surface area contributed by atoms with Gasteiger partial charge in [0.05, 0.1) is 11.6 Å². The number of ether oxygens (including phenoxy) is 1. The van der Waals surface area contributed by atoms with Crippen LogP contribution in [0.5, 0.6) is 5.75 Å². The van der Waals surface area contributed by atoms with E-state index in [9.17, 15) is 0 Å². The second-order valence-electron chi connectivity index (χ2n) is 3.92. The predicted octanol–water partition coefficient (Wildman–Crippen LogP) is 3.81. The molecule has 0 aliphatic rings. The molecule has 0 radical (unpaired) electrons. The van der Waals surface area contributed by atoms with Crippen molar-refractivity contribution in [2.75, 3.05) is 12.4 Å². The smallest absolute Gasteiger partial charge is 0.207 e. The van der Waals surface area contributed by atoms with Crippen molar-refractivity contribution in [3.63, 3.8) is 0 Å². The second kappa shape index (κ2) is 5.91. The van der Waals surface area contributed by atoms with E-state index in [2.05, 4.69) is 37.7 Å². The highest BCUT2D eigenvalue weighted by molar-refractivity contribution is 9.10. The molecule has 0 amide bonds. The maximum atomic E-state index is 5.20. The molecule has 1 heterocycles. The lowest BCUT2D eigenvalue weighted by atomic mass is 10.3. The topological polar surface area (TPSA) is 39.1 Å². The van der Waals surface area contributed by atoms with Gasteiger partial charge in [-0.25, -0.2) is 4.98 Å². The molecule has 96 valence electrons. The van der Waals surface area contributed by atoms with Crippen molar-refractivity contribution in [3.8, 4) is 5.75 Å². The Morgan fingerprint density at radius 3 is 2.94 bits per heavy atom. The molecule has 0 bridgehead atoms. The van der Waals surface area contributed by atoms with Gasteiger partial charge in [0.2, 0.25) is 5.95 Å². The third-order valence-corrected chi connectivity index (χ3v) is 3.21. The summed E-state index contributed by atoms with van der Waals surface area (Å²) >= 11 is 3.47. The highest BCUT2D eigenvalue weighted by Gasteiger charge is 2.05. The molecule has 1 N–H and O–H groups in total. The largest absolute Gasteiger partial charge is 0.496 e. The van der Waals surface area contributed by atoms with Crippen molar-refractivity contribution in [3.05, 3.63) is 35.1 Å². The van der Waals surface area contributed by atoms with Crippen molar-refractivity contribution in [1.82, 2.24) is 9.55 Å². The second-order valence-corrected chi connectivity index (χ2v) is 4.77. The molecule has 0 aliphatic carbocycles. The van der Waals surface area contributed by atoms with Crippen molar-refractivity contribution in [2.45, 2.75) is 19.9 Å². The first kappa shape index (κ1) is 13.0. The quantitative estimate of drug-likeness (QED) is 0.913. The Labute approximate surface area is 115 Å². The minimum Gasteiger partial charge on any atom is -0.496 e. The summed E-state index contributed by atoms with van der Waals surface area (Å²) in [5.74, 6) is 1.67. The van der Waals surface area contributed by atoms with Gasteiger partial charge in [-0.2, -0.15) is 0 Å². The lowest BCUT2D eigenvalue weighted by molar-refractivity contribution is 0.412. The van der Waals surface area contributed by atoms with E-state index in [1.165, 1.54) is 0 Å². The van der Waals surface area contributed by atoms with Gasteiger partial charge in [0, 0.05) is 24.6 Å². The van der Waals surface area contributed by atoms with Crippen LogP contribution in [0, 0.1) is 0 Å². The number of anilines is 2. The first-order valence-electron chi connectivity index (χ1n) is 5.86. The number of aromatic nitrogens is 2. The Balaban J connectivity index is 2.18. The van der Waals surface area contributed by atoms with Crippen molar-refractivity contribution in [2.24, 2.45) is 0 Å². The van der Waals surface area contributed by atoms with Crippen molar-refractivity contribution in [1.29, 1.82) is 0 Å². The fourth-order valence-electron chi connectivity index (χ4n) is 1.73. The molecule has 0 atom stereocenters. The highest BCUT2D eigenvalue weighted by atomic mass is 79.9. The number of aryl methyl sites for hydroxylation is 1. The Kier molecular flexibility index (Phi) is 4.25. The van der Waals surface area contributed by atoms with Crippen LogP contribution in [-0.2, 0) is 6.54 Å². The van der Waals surface area contributed by atoms with Crippen molar-refractivity contribution >= 4 is 27.6 Å². The SMILES string of the molecule is CCCn1ccnc1Nc1ccc(OC)c(Br)c1. The van der Waals surface area contributed by atoms with Crippen LogP contribution in [0.1, 0.15) is 13.3 Å². The Bertz CT molecular complexity index is 525. The number of nitrogens with one attached hydrogen (secondary N) is 1. The molecular formula is C13H16BrN3O. The average molecular weight is 310 g/mol. The van der Waals surface area contributed by atoms with Gasteiger partial charge in [-0.15, -0.1) is 0 Å². The lowest BCUT2D eigenvalue weighted by Crippen LogP contribution is -2.02. The molecular weight excluding hydrogens is 294 g/mol. The first-order chi connectivity index (χ1) is 8.74. The van der Waals surface area contributed by atoms with Crippen LogP contribution in [0.3, 0.4) is 0 Å². The molecule has 1 aromatic heterocycles. The number of rotatable bonds is 5. The van der Waals surface area contributed by atoms with Gasteiger partial charge in [-0.1, -0.05) is 6.92 Å². The zero-order chi connectivity index (χ0) is 13.0. The van der Waals surface area contributed by atoms with Gasteiger partial charge in [0.15, 0.2) is 0 Å². The zero-order valence-corrected chi connectivity index (χ0v) is 12.1. The van der Waals surface area contributed by atoms with Crippen LogP contribution in [-0.4, -0.2) is 16.7 Å². The van der Waals surface area contributed by atoms with Gasteiger partial charge in [-0.05, 0) is 40.5 Å². The molecule has 2 aromatic rings. The summed E-state index contributed by atoms with van der Waals surface area (Å²) in [5.41, 5.74) is 0.978. The summed E-state index contributed by atoms with van der Waals surface area (Å²) in [6.07, 6.45) is 4.86. The summed E-state index contributed by atoms with van der Waals surface area (Å²) in [7, 11) is 1.65. The van der Waals surface area contributed by atoms with Crippen LogP contribution in [0.2, 0.25) is 0 Å². The predicted molar refractivity (Wildman–Crippen MR) is 76.5 cm³/mol. The number of nitrogens with zero attached hydrogens (tertiary/aromatic N) is 2. The average Bonchev–Trinajstić information content (AvgIpc) is 2.78. The monoisotopic (exact) mass is 309 g/mol. The van der Waals surface area contributed by atoms with Crippen molar-refractivity contribution < 1.29 is 4.74 Å². The highest BCUT2D eigenvalue weighted by Crippen LogP contribution is 2.28. The summed E-state index contributed by atoms with van der Waals surface area (Å²) in [4.78, 5) is 4.31. The molecule has 2 rings (SSSR count). The van der Waals surface area contributed by atoms with E-state index in [1.807, 2.05) is 24.4 Å². The van der Waals surface area contributed by atoms with E-state index in [4.69, 9.17) is 4.74 Å².